The van der Waals surface area contributed by atoms with Gasteiger partial charge in [-0.2, -0.15) is 5.26 Å². The van der Waals surface area contributed by atoms with Gasteiger partial charge >= 0.3 is 0 Å². The molecule has 0 aromatic heterocycles. The molecule has 6 nitrogen and oxygen atoms in total. The molecule has 2 aromatic rings. The highest BCUT2D eigenvalue weighted by molar-refractivity contribution is 6.08. The van der Waals surface area contributed by atoms with Crippen molar-refractivity contribution in [1.29, 1.82) is 5.26 Å². The molecule has 0 bridgehead atoms. The van der Waals surface area contributed by atoms with Crippen molar-refractivity contribution in [2.75, 3.05) is 12.4 Å². The Morgan fingerprint density at radius 3 is 2.41 bits per heavy atom. The highest BCUT2D eigenvalue weighted by Gasteiger charge is 2.13. The third kappa shape index (κ3) is 3.22. The summed E-state index contributed by atoms with van der Waals surface area (Å²) in [6, 6.07) is 12.7. The van der Waals surface area contributed by atoms with Gasteiger partial charge in [-0.25, -0.2) is 0 Å². The van der Waals surface area contributed by atoms with Crippen molar-refractivity contribution in [3.05, 3.63) is 59.2 Å². The molecule has 0 aliphatic carbocycles. The molecular weight excluding hydrogens is 282 g/mol. The van der Waals surface area contributed by atoms with E-state index >= 15 is 0 Å². The van der Waals surface area contributed by atoms with Crippen LogP contribution in [0.25, 0.3) is 0 Å². The molecule has 0 aliphatic rings. The lowest BCUT2D eigenvalue weighted by atomic mass is 10.1. The van der Waals surface area contributed by atoms with Crippen molar-refractivity contribution in [1.82, 2.24) is 0 Å². The number of nitrogens with one attached hydrogen (secondary N) is 1. The van der Waals surface area contributed by atoms with Crippen LogP contribution in [0.5, 0.6) is 5.75 Å². The number of nitriles is 1. The summed E-state index contributed by atoms with van der Waals surface area (Å²) >= 11 is 0. The van der Waals surface area contributed by atoms with Crippen LogP contribution in [0.4, 0.5) is 5.69 Å². The number of nitrogens with two attached hydrogens (primary N) is 1. The second kappa shape index (κ2) is 6.41. The van der Waals surface area contributed by atoms with Gasteiger partial charge in [0.2, 0.25) is 0 Å². The number of hydrogen-bond acceptors (Lipinski definition) is 4. The van der Waals surface area contributed by atoms with Gasteiger partial charge in [-0.05, 0) is 42.5 Å². The van der Waals surface area contributed by atoms with E-state index in [0.717, 1.165) is 0 Å². The summed E-state index contributed by atoms with van der Waals surface area (Å²) in [6.45, 7) is 0. The fourth-order valence-corrected chi connectivity index (χ4v) is 1.85. The molecule has 2 rings (SSSR count). The maximum atomic E-state index is 12.2. The number of amides is 2. The van der Waals surface area contributed by atoms with Crippen LogP contribution < -0.4 is 15.8 Å². The maximum absolute atomic E-state index is 12.2. The van der Waals surface area contributed by atoms with Crippen LogP contribution in [0.2, 0.25) is 0 Å². The Labute approximate surface area is 127 Å². The maximum Gasteiger partial charge on any atom is 0.255 e. The van der Waals surface area contributed by atoms with Crippen molar-refractivity contribution in [3.63, 3.8) is 0 Å². The SMILES string of the molecule is COc1ccc(NC(=O)c2ccc(C#N)cc2)c(C(N)=O)c1. The number of methoxy groups -OCH3 is 1. The molecule has 110 valence electrons. The molecule has 0 heterocycles. The van der Waals surface area contributed by atoms with Crippen molar-refractivity contribution < 1.29 is 14.3 Å². The van der Waals surface area contributed by atoms with E-state index in [9.17, 15) is 9.59 Å². The second-order valence-electron chi connectivity index (χ2n) is 4.42. The van der Waals surface area contributed by atoms with E-state index in [-0.39, 0.29) is 5.56 Å². The van der Waals surface area contributed by atoms with Crippen LogP contribution in [-0.4, -0.2) is 18.9 Å². The molecule has 3 N–H and O–H groups in total. The van der Waals surface area contributed by atoms with E-state index < -0.39 is 11.8 Å². The molecule has 0 fully saturated rings. The Balaban J connectivity index is 2.27. The normalized spacial score (nSPS) is 9.64. The van der Waals surface area contributed by atoms with Crippen LogP contribution in [0.3, 0.4) is 0 Å². The minimum absolute atomic E-state index is 0.154. The van der Waals surface area contributed by atoms with Crippen LogP contribution in [0.15, 0.2) is 42.5 Å². The fraction of sp³-hybridized carbons (Fsp3) is 0.0625. The van der Waals surface area contributed by atoms with Gasteiger partial charge in [0.05, 0.1) is 30.0 Å². The summed E-state index contributed by atoms with van der Waals surface area (Å²) in [4.78, 5) is 23.6. The molecule has 0 saturated carbocycles. The zero-order valence-electron chi connectivity index (χ0n) is 11.8. The van der Waals surface area contributed by atoms with E-state index in [1.54, 1.807) is 12.1 Å². The van der Waals surface area contributed by atoms with Gasteiger partial charge in [0.1, 0.15) is 5.75 Å². The number of carbonyl (C=O) groups is 2. The summed E-state index contributed by atoms with van der Waals surface area (Å²) in [5.74, 6) is -0.614. The van der Waals surface area contributed by atoms with Gasteiger partial charge < -0.3 is 15.8 Å². The summed E-state index contributed by atoms with van der Waals surface area (Å²) in [5, 5.41) is 11.4. The van der Waals surface area contributed by atoms with Gasteiger partial charge in [-0.3, -0.25) is 9.59 Å². The third-order valence-electron chi connectivity index (χ3n) is 3.02. The van der Waals surface area contributed by atoms with Crippen LogP contribution in [-0.2, 0) is 0 Å². The smallest absolute Gasteiger partial charge is 0.255 e. The van der Waals surface area contributed by atoms with Crippen LogP contribution >= 0.6 is 0 Å². The Bertz CT molecular complexity index is 761. The lowest BCUT2D eigenvalue weighted by Gasteiger charge is -2.10. The van der Waals surface area contributed by atoms with E-state index in [2.05, 4.69) is 5.32 Å². The number of nitrogens with zero attached hydrogens (tertiary/aromatic N) is 1. The first kappa shape index (κ1) is 15.1. The standard InChI is InChI=1S/C16H13N3O3/c1-22-12-6-7-14(13(8-12)15(18)20)19-16(21)11-4-2-10(9-17)3-5-11/h2-8H,1H3,(H2,18,20)(H,19,21). The van der Waals surface area contributed by atoms with Crippen LogP contribution in [0, 0.1) is 11.3 Å². The molecule has 2 amide bonds. The average Bonchev–Trinajstić information content (AvgIpc) is 2.55. The van der Waals surface area contributed by atoms with E-state index in [1.807, 2.05) is 6.07 Å². The Hall–Kier alpha value is -3.33. The van der Waals surface area contributed by atoms with Gasteiger partial charge in [-0.15, -0.1) is 0 Å². The predicted octanol–water partition coefficient (Wildman–Crippen LogP) is 1.92. The van der Waals surface area contributed by atoms with Gasteiger partial charge in [0, 0.05) is 5.56 Å². The molecule has 0 spiro atoms. The molecule has 0 aliphatic heterocycles. The van der Waals surface area contributed by atoms with E-state index in [4.69, 9.17) is 15.7 Å². The van der Waals surface area contributed by atoms with Gasteiger partial charge in [-0.1, -0.05) is 0 Å². The molecule has 6 heteroatoms. The number of anilines is 1. The Morgan fingerprint density at radius 2 is 1.86 bits per heavy atom. The number of ether oxygens (including phenoxy) is 1. The van der Waals surface area contributed by atoms with Crippen LogP contribution in [0.1, 0.15) is 26.3 Å². The Kier molecular flexibility index (Phi) is 4.39. The van der Waals surface area contributed by atoms with Gasteiger partial charge in [0.15, 0.2) is 0 Å². The Morgan fingerprint density at radius 1 is 1.18 bits per heavy atom. The average molecular weight is 295 g/mol. The van der Waals surface area contributed by atoms with Crippen molar-refractivity contribution in [2.24, 2.45) is 5.73 Å². The molecule has 22 heavy (non-hydrogen) atoms. The topological polar surface area (TPSA) is 105 Å². The molecule has 0 radical (unpaired) electrons. The zero-order chi connectivity index (χ0) is 16.1. The lowest BCUT2D eigenvalue weighted by Crippen LogP contribution is -2.18. The number of rotatable bonds is 4. The third-order valence-corrected chi connectivity index (χ3v) is 3.02. The number of benzene rings is 2. The van der Waals surface area contributed by atoms with E-state index in [1.165, 1.54) is 37.4 Å². The summed E-state index contributed by atoms with van der Waals surface area (Å²) < 4.78 is 5.02. The molecule has 0 unspecified atom stereocenters. The predicted molar refractivity (Wildman–Crippen MR) is 80.6 cm³/mol. The molecular formula is C16H13N3O3. The molecule has 0 saturated heterocycles. The first-order valence-corrected chi connectivity index (χ1v) is 6.34. The first-order valence-electron chi connectivity index (χ1n) is 6.34. The quantitative estimate of drug-likeness (QED) is 0.898. The minimum Gasteiger partial charge on any atom is -0.497 e. The summed E-state index contributed by atoms with van der Waals surface area (Å²) in [5.41, 5.74) is 6.58. The van der Waals surface area contributed by atoms with Crippen molar-refractivity contribution in [2.45, 2.75) is 0 Å². The monoisotopic (exact) mass is 295 g/mol. The number of primary amides is 1. The zero-order valence-corrected chi connectivity index (χ0v) is 11.8. The van der Waals surface area contributed by atoms with Crippen molar-refractivity contribution >= 4 is 17.5 Å². The van der Waals surface area contributed by atoms with E-state index in [0.29, 0.717) is 22.6 Å². The highest BCUT2D eigenvalue weighted by Crippen LogP contribution is 2.22. The minimum atomic E-state index is -0.672. The van der Waals surface area contributed by atoms with Crippen molar-refractivity contribution in [3.8, 4) is 11.8 Å². The fourth-order valence-electron chi connectivity index (χ4n) is 1.85. The van der Waals surface area contributed by atoms with Gasteiger partial charge in [0.25, 0.3) is 11.8 Å². The second-order valence-corrected chi connectivity index (χ2v) is 4.42. The molecule has 2 aromatic carbocycles. The lowest BCUT2D eigenvalue weighted by molar-refractivity contribution is 0.100. The number of carbonyl (C=O) groups excluding carboxylic acids is 2. The number of hydrogen-bond donors (Lipinski definition) is 2. The first-order chi connectivity index (χ1) is 10.5. The summed E-state index contributed by atoms with van der Waals surface area (Å²) in [6.07, 6.45) is 0. The molecule has 0 atom stereocenters. The summed E-state index contributed by atoms with van der Waals surface area (Å²) in [7, 11) is 1.47. The highest BCUT2D eigenvalue weighted by atomic mass is 16.5. The largest absolute Gasteiger partial charge is 0.497 e.